The molecular formula is C36H52N8O. The van der Waals surface area contributed by atoms with Crippen LogP contribution in [-0.4, -0.2) is 120 Å². The summed E-state index contributed by atoms with van der Waals surface area (Å²) in [5.41, 5.74) is 6.10. The summed E-state index contributed by atoms with van der Waals surface area (Å²) >= 11 is 0. The Hall–Kier alpha value is -2.98. The van der Waals surface area contributed by atoms with Crippen LogP contribution in [0.15, 0.2) is 42.6 Å². The number of piperazine rings is 1. The number of rotatable bonds is 9. The lowest BCUT2D eigenvalue weighted by Gasteiger charge is -2.42. The molecule has 0 spiro atoms. The van der Waals surface area contributed by atoms with Gasteiger partial charge in [-0.2, -0.15) is 5.10 Å². The molecule has 4 aliphatic heterocycles. The molecule has 4 aliphatic rings. The van der Waals surface area contributed by atoms with Crippen molar-refractivity contribution in [2.45, 2.75) is 64.0 Å². The summed E-state index contributed by atoms with van der Waals surface area (Å²) in [6.45, 7) is 14.6. The minimum Gasteiger partial charge on any atom is -0.321 e. The molecule has 0 radical (unpaired) electrons. The first-order valence-electron chi connectivity index (χ1n) is 17.6. The molecule has 3 saturated heterocycles. The van der Waals surface area contributed by atoms with Crippen LogP contribution in [0.5, 0.6) is 0 Å². The molecule has 0 saturated carbocycles. The highest BCUT2D eigenvalue weighted by molar-refractivity contribution is 5.91. The first-order chi connectivity index (χ1) is 22.1. The fourth-order valence-corrected chi connectivity index (χ4v) is 8.43. The second-order valence-corrected chi connectivity index (χ2v) is 14.0. The number of anilines is 1. The van der Waals surface area contributed by atoms with E-state index in [4.69, 9.17) is 0 Å². The van der Waals surface area contributed by atoms with Crippen molar-refractivity contribution in [3.8, 4) is 0 Å². The van der Waals surface area contributed by atoms with E-state index in [1.54, 1.807) is 0 Å². The SMILES string of the molecule is Cc1cc(CC(CCN2CCC(N3CCc4ccccc4NC3=O)CC2)CN2CCN(C3CCNCC3)CC2)cc2cn[nH]c12. The van der Waals surface area contributed by atoms with Gasteiger partial charge in [0.25, 0.3) is 0 Å². The van der Waals surface area contributed by atoms with Gasteiger partial charge in [0.05, 0.1) is 11.7 Å². The third-order valence-corrected chi connectivity index (χ3v) is 11.1. The van der Waals surface area contributed by atoms with E-state index in [0.717, 1.165) is 69.1 Å². The molecule has 3 N–H and O–H groups in total. The van der Waals surface area contributed by atoms with Crippen LogP contribution in [0.4, 0.5) is 10.5 Å². The maximum absolute atomic E-state index is 13.1. The number of carbonyl (C=O) groups is 1. The summed E-state index contributed by atoms with van der Waals surface area (Å²) in [5, 5.41) is 15.4. The van der Waals surface area contributed by atoms with Crippen molar-refractivity contribution < 1.29 is 4.79 Å². The van der Waals surface area contributed by atoms with Gasteiger partial charge in [-0.25, -0.2) is 4.79 Å². The normalized spacial score (nSPS) is 22.3. The van der Waals surface area contributed by atoms with Gasteiger partial charge in [-0.1, -0.05) is 24.3 Å². The minimum atomic E-state index is 0.0728. The number of aryl methyl sites for hydroxylation is 1. The molecule has 242 valence electrons. The Balaban J connectivity index is 0.946. The lowest BCUT2D eigenvalue weighted by Crippen LogP contribution is -2.53. The zero-order chi connectivity index (χ0) is 30.6. The van der Waals surface area contributed by atoms with E-state index < -0.39 is 0 Å². The van der Waals surface area contributed by atoms with Crippen LogP contribution in [0.2, 0.25) is 0 Å². The lowest BCUT2D eigenvalue weighted by molar-refractivity contribution is 0.0700. The zero-order valence-corrected chi connectivity index (χ0v) is 27.1. The van der Waals surface area contributed by atoms with E-state index in [9.17, 15) is 4.79 Å². The molecule has 2 amide bonds. The minimum absolute atomic E-state index is 0.0728. The molecule has 3 aromatic rings. The zero-order valence-electron chi connectivity index (χ0n) is 27.1. The molecule has 1 aromatic heterocycles. The molecule has 0 bridgehead atoms. The molecule has 1 atom stereocenters. The molecule has 3 fully saturated rings. The first kappa shape index (κ1) is 30.7. The third kappa shape index (κ3) is 7.38. The number of H-pyrrole nitrogens is 1. The van der Waals surface area contributed by atoms with Crippen molar-refractivity contribution in [2.24, 2.45) is 5.92 Å². The molecule has 45 heavy (non-hydrogen) atoms. The number of likely N-dealkylation sites (tertiary alicyclic amines) is 1. The Morgan fingerprint density at radius 2 is 1.71 bits per heavy atom. The Kier molecular flexibility index (Phi) is 9.68. The Bertz CT molecular complexity index is 1420. The molecule has 0 aliphatic carbocycles. The van der Waals surface area contributed by atoms with Crippen LogP contribution in [0.1, 0.15) is 48.8 Å². The Morgan fingerprint density at radius 1 is 0.911 bits per heavy atom. The van der Waals surface area contributed by atoms with Gasteiger partial charge in [-0.3, -0.25) is 10.00 Å². The lowest BCUT2D eigenvalue weighted by atomic mass is 9.92. The number of amides is 2. The molecule has 1 unspecified atom stereocenters. The predicted octanol–water partition coefficient (Wildman–Crippen LogP) is 4.34. The van der Waals surface area contributed by atoms with Crippen LogP contribution >= 0.6 is 0 Å². The maximum atomic E-state index is 13.1. The summed E-state index contributed by atoms with van der Waals surface area (Å²) in [6.07, 6.45) is 9.92. The average molecular weight is 613 g/mol. The van der Waals surface area contributed by atoms with Crippen molar-refractivity contribution in [3.05, 3.63) is 59.3 Å². The number of nitrogens with one attached hydrogen (secondary N) is 3. The van der Waals surface area contributed by atoms with Crippen molar-refractivity contribution in [2.75, 3.05) is 77.3 Å². The molecular weight excluding hydrogens is 560 g/mol. The van der Waals surface area contributed by atoms with Crippen LogP contribution in [0.3, 0.4) is 0 Å². The Labute approximate surface area is 268 Å². The predicted molar refractivity (Wildman–Crippen MR) is 182 cm³/mol. The summed E-state index contributed by atoms with van der Waals surface area (Å²) in [7, 11) is 0. The number of urea groups is 1. The highest BCUT2D eigenvalue weighted by Gasteiger charge is 2.31. The molecule has 2 aromatic carbocycles. The van der Waals surface area contributed by atoms with E-state index >= 15 is 0 Å². The maximum Gasteiger partial charge on any atom is 0.322 e. The number of aromatic nitrogens is 2. The summed E-state index contributed by atoms with van der Waals surface area (Å²) < 4.78 is 0. The quantitative estimate of drug-likeness (QED) is 0.334. The van der Waals surface area contributed by atoms with E-state index in [2.05, 4.69) is 71.6 Å². The van der Waals surface area contributed by atoms with E-state index in [0.29, 0.717) is 12.0 Å². The van der Waals surface area contributed by atoms with Gasteiger partial charge in [-0.05, 0) is 106 Å². The summed E-state index contributed by atoms with van der Waals surface area (Å²) in [6, 6.07) is 14.1. The second-order valence-electron chi connectivity index (χ2n) is 14.0. The van der Waals surface area contributed by atoms with Crippen LogP contribution in [0, 0.1) is 12.8 Å². The fourth-order valence-electron chi connectivity index (χ4n) is 8.43. The van der Waals surface area contributed by atoms with Gasteiger partial charge in [-0.15, -0.1) is 0 Å². The van der Waals surface area contributed by atoms with Crippen molar-refractivity contribution in [1.82, 2.24) is 35.1 Å². The van der Waals surface area contributed by atoms with Crippen molar-refractivity contribution >= 4 is 22.6 Å². The van der Waals surface area contributed by atoms with Gasteiger partial charge in [0.1, 0.15) is 0 Å². The summed E-state index contributed by atoms with van der Waals surface area (Å²) in [5.74, 6) is 0.617. The van der Waals surface area contributed by atoms with E-state index in [1.807, 2.05) is 18.3 Å². The van der Waals surface area contributed by atoms with E-state index in [-0.39, 0.29) is 6.03 Å². The van der Waals surface area contributed by atoms with Gasteiger partial charge >= 0.3 is 6.03 Å². The van der Waals surface area contributed by atoms with E-state index in [1.165, 1.54) is 87.2 Å². The van der Waals surface area contributed by atoms with Crippen LogP contribution < -0.4 is 10.6 Å². The number of fused-ring (bicyclic) bond motifs is 2. The number of nitrogens with zero attached hydrogens (tertiary/aromatic N) is 5. The topological polar surface area (TPSA) is 82.8 Å². The summed E-state index contributed by atoms with van der Waals surface area (Å²) in [4.78, 5) is 23.4. The highest BCUT2D eigenvalue weighted by atomic mass is 16.2. The first-order valence-corrected chi connectivity index (χ1v) is 17.6. The fraction of sp³-hybridized carbons (Fsp3) is 0.611. The van der Waals surface area contributed by atoms with Crippen molar-refractivity contribution in [3.63, 3.8) is 0 Å². The molecule has 5 heterocycles. The number of aromatic amines is 1. The third-order valence-electron chi connectivity index (χ3n) is 11.1. The largest absolute Gasteiger partial charge is 0.322 e. The average Bonchev–Trinajstić information content (AvgIpc) is 3.48. The number of piperidine rings is 2. The molecule has 9 nitrogen and oxygen atoms in total. The van der Waals surface area contributed by atoms with Crippen LogP contribution in [-0.2, 0) is 12.8 Å². The van der Waals surface area contributed by atoms with Gasteiger partial charge < -0.3 is 25.3 Å². The number of benzene rings is 2. The Morgan fingerprint density at radius 3 is 2.53 bits per heavy atom. The standard InChI is InChI=1S/C36H52N8O/c1-27-22-29(24-31-25-38-40-35(27)31)23-28(26-42-18-20-43(21-19-42)32-6-12-37-13-7-32)8-14-41-15-10-33(11-16-41)44-17-9-30-4-2-3-5-34(30)39-36(44)45/h2-5,22,24-25,28,32-33,37H,6-21,23,26H2,1H3,(H,38,40)(H,39,45). The van der Waals surface area contributed by atoms with Crippen LogP contribution in [0.25, 0.3) is 10.9 Å². The number of carbonyl (C=O) groups excluding carboxylic acids is 1. The molecule has 7 rings (SSSR count). The van der Waals surface area contributed by atoms with Crippen molar-refractivity contribution in [1.29, 1.82) is 0 Å². The molecule has 9 heteroatoms. The monoisotopic (exact) mass is 612 g/mol. The number of hydrogen-bond donors (Lipinski definition) is 3. The smallest absolute Gasteiger partial charge is 0.321 e. The second kappa shape index (κ2) is 14.2. The van der Waals surface area contributed by atoms with Gasteiger partial charge in [0, 0.05) is 75.5 Å². The van der Waals surface area contributed by atoms with Gasteiger partial charge in [0.15, 0.2) is 0 Å². The number of para-hydroxylation sites is 1. The highest BCUT2D eigenvalue weighted by Crippen LogP contribution is 2.26. The van der Waals surface area contributed by atoms with Gasteiger partial charge in [0.2, 0.25) is 0 Å². The number of hydrogen-bond acceptors (Lipinski definition) is 6.